The van der Waals surface area contributed by atoms with Gasteiger partial charge in [0.15, 0.2) is 0 Å². The highest BCUT2D eigenvalue weighted by Gasteiger charge is 2.46. The first-order valence-corrected chi connectivity index (χ1v) is 15.4. The van der Waals surface area contributed by atoms with Crippen LogP contribution in [0.5, 0.6) is 0 Å². The number of anilines is 1. The first-order valence-electron chi connectivity index (χ1n) is 13.5. The summed E-state index contributed by atoms with van der Waals surface area (Å²) in [4.78, 5) is 20.5. The lowest BCUT2D eigenvalue weighted by Gasteiger charge is -2.29. The average molecular weight is 575 g/mol. The fourth-order valence-corrected chi connectivity index (χ4v) is 7.06. The topological polar surface area (TPSA) is 84.3 Å². The lowest BCUT2D eigenvalue weighted by molar-refractivity contribution is -0.120. The van der Waals surface area contributed by atoms with Crippen LogP contribution in [-0.4, -0.2) is 23.9 Å². The highest BCUT2D eigenvalue weighted by molar-refractivity contribution is 7.89. The largest absolute Gasteiger partial charge is 0.337 e. The molecule has 1 fully saturated rings. The molecule has 1 N–H and O–H groups in total. The summed E-state index contributed by atoms with van der Waals surface area (Å²) in [5, 5.41) is 0.676. The molecule has 1 saturated carbocycles. The highest BCUT2D eigenvalue weighted by Crippen LogP contribution is 2.49. The number of fused-ring (bicyclic) bond motifs is 1. The molecule has 2 aliphatic rings. The Labute approximate surface area is 239 Å². The SMILES string of the molecule is Cn1ccnc1CN(C(=O)[C@@H]1C[C@H]1c1ccc(Cl)cc1)c1ccc2c(c1)[C@@H](NS(=O)(=O)c1ccccc1)CCC2. The van der Waals surface area contributed by atoms with E-state index in [-0.39, 0.29) is 28.7 Å². The van der Waals surface area contributed by atoms with Crippen LogP contribution >= 0.6 is 11.6 Å². The molecule has 0 radical (unpaired) electrons. The van der Waals surface area contributed by atoms with E-state index >= 15 is 0 Å². The molecule has 0 saturated heterocycles. The van der Waals surface area contributed by atoms with Crippen molar-refractivity contribution < 1.29 is 13.2 Å². The molecule has 6 rings (SSSR count). The van der Waals surface area contributed by atoms with Crippen LogP contribution in [0.3, 0.4) is 0 Å². The maximum Gasteiger partial charge on any atom is 0.241 e. The number of nitrogens with one attached hydrogen (secondary N) is 1. The molecule has 7 nitrogen and oxygen atoms in total. The van der Waals surface area contributed by atoms with Crippen LogP contribution in [0.4, 0.5) is 5.69 Å². The summed E-state index contributed by atoms with van der Waals surface area (Å²) in [7, 11) is -1.78. The number of hydrogen-bond donors (Lipinski definition) is 1. The van der Waals surface area contributed by atoms with Crippen LogP contribution < -0.4 is 9.62 Å². The first-order chi connectivity index (χ1) is 19.3. The summed E-state index contributed by atoms with van der Waals surface area (Å²) in [6.07, 6.45) is 6.82. The molecule has 3 aromatic carbocycles. The Balaban J connectivity index is 1.31. The third kappa shape index (κ3) is 5.44. The van der Waals surface area contributed by atoms with Gasteiger partial charge in [-0.1, -0.05) is 48.0 Å². The summed E-state index contributed by atoms with van der Waals surface area (Å²) in [6, 6.07) is 21.8. The van der Waals surface area contributed by atoms with Gasteiger partial charge in [0.1, 0.15) is 5.82 Å². The average Bonchev–Trinajstić information content (AvgIpc) is 3.66. The van der Waals surface area contributed by atoms with Crippen molar-refractivity contribution in [1.29, 1.82) is 0 Å². The minimum Gasteiger partial charge on any atom is -0.337 e. The standard InChI is InChI=1S/C31H31ClN4O3S/c1-35-17-16-33-30(35)20-36(31(37)28-19-26(28)22-10-13-23(32)14-11-22)24-15-12-21-6-5-9-29(27(21)18-24)34-40(38,39)25-7-3-2-4-8-25/h2-4,7-8,10-18,26,28-29,34H,5-6,9,19-20H2,1H3/t26-,28+,29-/m0/s1. The molecule has 0 aliphatic heterocycles. The molecule has 206 valence electrons. The van der Waals surface area contributed by atoms with Gasteiger partial charge >= 0.3 is 0 Å². The maximum absolute atomic E-state index is 14.0. The van der Waals surface area contributed by atoms with Gasteiger partial charge in [-0.3, -0.25) is 4.79 Å². The third-order valence-corrected chi connectivity index (χ3v) is 9.74. The van der Waals surface area contributed by atoms with Gasteiger partial charge in [-0.25, -0.2) is 18.1 Å². The number of benzene rings is 3. The Bertz CT molecular complexity index is 1640. The number of aryl methyl sites for hydroxylation is 2. The number of sulfonamides is 1. The zero-order valence-electron chi connectivity index (χ0n) is 22.2. The lowest BCUT2D eigenvalue weighted by atomic mass is 9.87. The summed E-state index contributed by atoms with van der Waals surface area (Å²) < 4.78 is 31.2. The van der Waals surface area contributed by atoms with E-state index in [1.165, 1.54) is 0 Å². The predicted octanol–water partition coefficient (Wildman–Crippen LogP) is 5.77. The quantitative estimate of drug-likeness (QED) is 0.290. The normalized spacial score (nSPS) is 20.1. The Morgan fingerprint density at radius 1 is 1.10 bits per heavy atom. The number of halogens is 1. The molecule has 2 aliphatic carbocycles. The lowest BCUT2D eigenvalue weighted by Crippen LogP contribution is -2.34. The monoisotopic (exact) mass is 574 g/mol. The van der Waals surface area contributed by atoms with E-state index in [9.17, 15) is 13.2 Å². The van der Waals surface area contributed by atoms with Crippen LogP contribution in [0, 0.1) is 5.92 Å². The number of amides is 1. The van der Waals surface area contributed by atoms with Gasteiger partial charge in [-0.15, -0.1) is 0 Å². The zero-order chi connectivity index (χ0) is 27.9. The summed E-state index contributed by atoms with van der Waals surface area (Å²) >= 11 is 6.08. The van der Waals surface area contributed by atoms with Crippen molar-refractivity contribution in [3.05, 3.63) is 113 Å². The van der Waals surface area contributed by atoms with Gasteiger partial charge in [0.25, 0.3) is 0 Å². The summed E-state index contributed by atoms with van der Waals surface area (Å²) in [5.74, 6) is 0.831. The van der Waals surface area contributed by atoms with Crippen molar-refractivity contribution in [3.63, 3.8) is 0 Å². The van der Waals surface area contributed by atoms with Gasteiger partial charge < -0.3 is 9.47 Å². The molecular weight excluding hydrogens is 544 g/mol. The fraction of sp³-hybridized carbons (Fsp3) is 0.290. The van der Waals surface area contributed by atoms with Crippen LogP contribution in [0.15, 0.2) is 90.1 Å². The minimum atomic E-state index is -3.70. The third-order valence-electron chi connectivity index (χ3n) is 8.00. The Morgan fingerprint density at radius 2 is 1.88 bits per heavy atom. The van der Waals surface area contributed by atoms with E-state index < -0.39 is 10.0 Å². The molecule has 3 atom stereocenters. The number of imidazole rings is 1. The molecule has 1 aromatic heterocycles. The van der Waals surface area contributed by atoms with E-state index in [0.29, 0.717) is 18.0 Å². The molecular formula is C31H31ClN4O3S. The van der Waals surface area contributed by atoms with Gasteiger partial charge in [0, 0.05) is 42.1 Å². The Morgan fingerprint density at radius 3 is 2.60 bits per heavy atom. The minimum absolute atomic E-state index is 0.0418. The van der Waals surface area contributed by atoms with Crippen molar-refractivity contribution in [2.45, 2.75) is 49.1 Å². The van der Waals surface area contributed by atoms with Crippen molar-refractivity contribution in [1.82, 2.24) is 14.3 Å². The molecule has 0 bridgehead atoms. The fourth-order valence-electron chi connectivity index (χ4n) is 5.66. The second-order valence-corrected chi connectivity index (χ2v) is 12.8. The molecule has 9 heteroatoms. The molecule has 1 heterocycles. The van der Waals surface area contributed by atoms with E-state index in [2.05, 4.69) is 9.71 Å². The summed E-state index contributed by atoms with van der Waals surface area (Å²) in [6.45, 7) is 0.325. The molecule has 40 heavy (non-hydrogen) atoms. The van der Waals surface area contributed by atoms with E-state index in [0.717, 1.165) is 47.5 Å². The highest BCUT2D eigenvalue weighted by atomic mass is 35.5. The molecule has 0 spiro atoms. The van der Waals surface area contributed by atoms with Crippen molar-refractivity contribution in [3.8, 4) is 0 Å². The van der Waals surface area contributed by atoms with Crippen molar-refractivity contribution in [2.24, 2.45) is 13.0 Å². The Kier molecular flexibility index (Phi) is 7.25. The molecule has 0 unspecified atom stereocenters. The predicted molar refractivity (Wildman–Crippen MR) is 156 cm³/mol. The number of carbonyl (C=O) groups is 1. The number of aromatic nitrogens is 2. The van der Waals surface area contributed by atoms with Crippen LogP contribution in [0.25, 0.3) is 0 Å². The van der Waals surface area contributed by atoms with E-state index in [1.54, 1.807) is 41.4 Å². The van der Waals surface area contributed by atoms with Gasteiger partial charge in [-0.2, -0.15) is 0 Å². The number of hydrogen-bond acceptors (Lipinski definition) is 4. The van der Waals surface area contributed by atoms with Crippen molar-refractivity contribution in [2.75, 3.05) is 4.90 Å². The number of nitrogens with zero attached hydrogens (tertiary/aromatic N) is 3. The Hall–Kier alpha value is -3.46. The smallest absolute Gasteiger partial charge is 0.241 e. The maximum atomic E-state index is 14.0. The van der Waals surface area contributed by atoms with Crippen LogP contribution in [0.1, 0.15) is 53.7 Å². The van der Waals surface area contributed by atoms with E-state index in [4.69, 9.17) is 11.6 Å². The van der Waals surface area contributed by atoms with E-state index in [1.807, 2.05) is 60.3 Å². The second-order valence-electron chi connectivity index (χ2n) is 10.6. The van der Waals surface area contributed by atoms with Gasteiger partial charge in [-0.05, 0) is 84.7 Å². The van der Waals surface area contributed by atoms with Gasteiger partial charge in [0.05, 0.1) is 11.4 Å². The first kappa shape index (κ1) is 26.7. The van der Waals surface area contributed by atoms with Crippen LogP contribution in [-0.2, 0) is 34.8 Å². The zero-order valence-corrected chi connectivity index (χ0v) is 23.8. The number of carbonyl (C=O) groups excluding carboxylic acids is 1. The number of rotatable bonds is 8. The van der Waals surface area contributed by atoms with Crippen LogP contribution in [0.2, 0.25) is 5.02 Å². The molecule has 4 aromatic rings. The molecule has 1 amide bonds. The summed E-state index contributed by atoms with van der Waals surface area (Å²) in [5.41, 5.74) is 3.89. The second kappa shape index (κ2) is 10.8. The van der Waals surface area contributed by atoms with Gasteiger partial charge in [0.2, 0.25) is 15.9 Å². The van der Waals surface area contributed by atoms with Crippen molar-refractivity contribution >= 4 is 33.2 Å².